The van der Waals surface area contributed by atoms with E-state index in [-0.39, 0.29) is 0 Å². The van der Waals surface area contributed by atoms with Gasteiger partial charge in [0.05, 0.1) is 24.9 Å². The molecule has 1 aliphatic carbocycles. The molecule has 2 heterocycles. The number of ether oxygens (including phenoxy) is 1. The lowest BCUT2D eigenvalue weighted by molar-refractivity contribution is 0.0767. The summed E-state index contributed by atoms with van der Waals surface area (Å²) in [6.45, 7) is 2.57. The number of aryl methyl sites for hydroxylation is 2. The van der Waals surface area contributed by atoms with E-state index in [2.05, 4.69) is 5.32 Å². The van der Waals surface area contributed by atoms with Crippen molar-refractivity contribution in [1.82, 2.24) is 10.3 Å². The number of rotatable bonds is 1. The van der Waals surface area contributed by atoms with E-state index in [1.165, 1.54) is 54.1 Å². The van der Waals surface area contributed by atoms with Gasteiger partial charge in [0.15, 0.2) is 0 Å². The molecule has 1 N–H and O–H groups in total. The van der Waals surface area contributed by atoms with E-state index in [0.29, 0.717) is 6.04 Å². The highest BCUT2D eigenvalue weighted by Crippen LogP contribution is 2.29. The van der Waals surface area contributed by atoms with Crippen LogP contribution in [0.2, 0.25) is 0 Å². The molecular formula is C13H20N2OS. The first-order chi connectivity index (χ1) is 8.43. The molecule has 1 aliphatic heterocycles. The number of thiazole rings is 1. The summed E-state index contributed by atoms with van der Waals surface area (Å²) in [4.78, 5) is 6.39. The van der Waals surface area contributed by atoms with E-state index < -0.39 is 0 Å². The maximum absolute atomic E-state index is 5.52. The second-order valence-electron chi connectivity index (χ2n) is 4.92. The average molecular weight is 252 g/mol. The van der Waals surface area contributed by atoms with Gasteiger partial charge >= 0.3 is 0 Å². The van der Waals surface area contributed by atoms with Gasteiger partial charge in [0, 0.05) is 11.4 Å². The fourth-order valence-corrected chi connectivity index (χ4v) is 3.81. The van der Waals surface area contributed by atoms with Gasteiger partial charge in [-0.15, -0.1) is 11.3 Å². The lowest BCUT2D eigenvalue weighted by Gasteiger charge is -2.21. The number of aromatic nitrogens is 1. The molecule has 94 valence electrons. The normalized spacial score (nSPS) is 26.0. The molecule has 3 rings (SSSR count). The van der Waals surface area contributed by atoms with Gasteiger partial charge in [-0.1, -0.05) is 12.8 Å². The first-order valence-electron chi connectivity index (χ1n) is 6.73. The van der Waals surface area contributed by atoms with Crippen LogP contribution in [0.5, 0.6) is 0 Å². The van der Waals surface area contributed by atoms with Gasteiger partial charge in [-0.05, 0) is 25.7 Å². The summed E-state index contributed by atoms with van der Waals surface area (Å²) < 4.78 is 5.52. The summed E-state index contributed by atoms with van der Waals surface area (Å²) in [5.74, 6) is 0. The Bertz CT molecular complexity index is 346. The van der Waals surface area contributed by atoms with Crippen LogP contribution in [0, 0.1) is 0 Å². The Labute approximate surface area is 107 Å². The van der Waals surface area contributed by atoms with Crippen molar-refractivity contribution < 1.29 is 4.74 Å². The van der Waals surface area contributed by atoms with E-state index >= 15 is 0 Å². The minimum atomic E-state index is 0.335. The number of morpholine rings is 1. The number of nitrogens with one attached hydrogen (secondary N) is 1. The van der Waals surface area contributed by atoms with Crippen LogP contribution in [-0.4, -0.2) is 24.7 Å². The predicted molar refractivity (Wildman–Crippen MR) is 69.6 cm³/mol. The zero-order valence-electron chi connectivity index (χ0n) is 10.2. The van der Waals surface area contributed by atoms with Gasteiger partial charge in [0.1, 0.15) is 5.01 Å². The molecule has 3 nitrogen and oxygen atoms in total. The highest BCUT2D eigenvalue weighted by molar-refractivity contribution is 7.11. The molecule has 0 amide bonds. The first kappa shape index (κ1) is 11.6. The Morgan fingerprint density at radius 3 is 2.88 bits per heavy atom. The lowest BCUT2D eigenvalue weighted by Crippen LogP contribution is -2.34. The largest absolute Gasteiger partial charge is 0.378 e. The van der Waals surface area contributed by atoms with E-state index in [0.717, 1.165) is 19.8 Å². The van der Waals surface area contributed by atoms with Crippen LogP contribution in [0.4, 0.5) is 0 Å². The van der Waals surface area contributed by atoms with Crippen molar-refractivity contribution in [2.45, 2.75) is 44.6 Å². The van der Waals surface area contributed by atoms with Crippen LogP contribution >= 0.6 is 11.3 Å². The van der Waals surface area contributed by atoms with Crippen molar-refractivity contribution in [2.75, 3.05) is 19.8 Å². The van der Waals surface area contributed by atoms with Crippen LogP contribution in [-0.2, 0) is 17.6 Å². The SMILES string of the molecule is C1CCCc2sc(C3COCCN3)nc2CC1. The van der Waals surface area contributed by atoms with Crippen LogP contribution < -0.4 is 5.32 Å². The smallest absolute Gasteiger partial charge is 0.112 e. The molecule has 1 atom stereocenters. The average Bonchev–Trinajstić information content (AvgIpc) is 2.73. The molecular weight excluding hydrogens is 232 g/mol. The van der Waals surface area contributed by atoms with Crippen molar-refractivity contribution in [2.24, 2.45) is 0 Å². The van der Waals surface area contributed by atoms with Crippen LogP contribution in [0.15, 0.2) is 0 Å². The van der Waals surface area contributed by atoms with Gasteiger partial charge in [0.25, 0.3) is 0 Å². The Kier molecular flexibility index (Phi) is 3.74. The Balaban J connectivity index is 1.78. The zero-order chi connectivity index (χ0) is 11.5. The Hall–Kier alpha value is -0.450. The number of fused-ring (bicyclic) bond motifs is 1. The van der Waals surface area contributed by atoms with Crippen molar-refractivity contribution >= 4 is 11.3 Å². The van der Waals surface area contributed by atoms with Crippen LogP contribution in [0.3, 0.4) is 0 Å². The van der Waals surface area contributed by atoms with E-state index in [4.69, 9.17) is 9.72 Å². The molecule has 0 bridgehead atoms. The van der Waals surface area contributed by atoms with Crippen LogP contribution in [0.1, 0.15) is 47.3 Å². The highest BCUT2D eigenvalue weighted by Gasteiger charge is 2.21. The quantitative estimate of drug-likeness (QED) is 0.833. The van der Waals surface area contributed by atoms with Crippen molar-refractivity contribution in [1.29, 1.82) is 0 Å². The summed E-state index contributed by atoms with van der Waals surface area (Å²) >= 11 is 1.91. The predicted octanol–water partition coefficient (Wildman–Crippen LogP) is 2.46. The maximum Gasteiger partial charge on any atom is 0.112 e. The second kappa shape index (κ2) is 5.46. The summed E-state index contributed by atoms with van der Waals surface area (Å²) in [5, 5.41) is 4.75. The molecule has 1 aromatic rings. The molecule has 1 fully saturated rings. The summed E-state index contributed by atoms with van der Waals surface area (Å²) in [6, 6.07) is 0.335. The molecule has 1 saturated heterocycles. The topological polar surface area (TPSA) is 34.1 Å². The molecule has 4 heteroatoms. The van der Waals surface area contributed by atoms with Gasteiger partial charge in [-0.3, -0.25) is 0 Å². The fraction of sp³-hybridized carbons (Fsp3) is 0.769. The molecule has 0 aromatic carbocycles. The van der Waals surface area contributed by atoms with E-state index in [1.807, 2.05) is 11.3 Å². The summed E-state index contributed by atoms with van der Waals surface area (Å²) in [6.07, 6.45) is 7.82. The van der Waals surface area contributed by atoms with Crippen molar-refractivity contribution in [3.63, 3.8) is 0 Å². The maximum atomic E-state index is 5.52. The third-order valence-electron chi connectivity index (χ3n) is 3.58. The summed E-state index contributed by atoms with van der Waals surface area (Å²) in [7, 11) is 0. The molecule has 2 aliphatic rings. The third-order valence-corrected chi connectivity index (χ3v) is 4.85. The summed E-state index contributed by atoms with van der Waals surface area (Å²) in [5.41, 5.74) is 1.37. The highest BCUT2D eigenvalue weighted by atomic mass is 32.1. The fourth-order valence-electron chi connectivity index (χ4n) is 2.60. The lowest BCUT2D eigenvalue weighted by atomic mass is 10.0. The third kappa shape index (κ3) is 2.69. The monoisotopic (exact) mass is 252 g/mol. The first-order valence-corrected chi connectivity index (χ1v) is 7.55. The molecule has 0 spiro atoms. The Morgan fingerprint density at radius 1 is 1.18 bits per heavy atom. The zero-order valence-corrected chi connectivity index (χ0v) is 11.0. The molecule has 17 heavy (non-hydrogen) atoms. The standard InChI is InChI=1S/C13H20N2OS/c1-2-4-6-12-10(5-3-1)15-13(17-12)11-9-16-8-7-14-11/h11,14H,1-9H2. The molecule has 1 unspecified atom stereocenters. The number of hydrogen-bond donors (Lipinski definition) is 1. The number of nitrogens with zero attached hydrogens (tertiary/aromatic N) is 1. The molecule has 0 radical (unpaired) electrons. The minimum absolute atomic E-state index is 0.335. The van der Waals surface area contributed by atoms with Gasteiger partial charge < -0.3 is 10.1 Å². The second-order valence-corrected chi connectivity index (χ2v) is 6.03. The van der Waals surface area contributed by atoms with E-state index in [9.17, 15) is 0 Å². The van der Waals surface area contributed by atoms with Gasteiger partial charge in [-0.25, -0.2) is 4.98 Å². The van der Waals surface area contributed by atoms with Crippen LogP contribution in [0.25, 0.3) is 0 Å². The van der Waals surface area contributed by atoms with Crippen molar-refractivity contribution in [3.05, 3.63) is 15.6 Å². The number of hydrogen-bond acceptors (Lipinski definition) is 4. The van der Waals surface area contributed by atoms with Gasteiger partial charge in [0.2, 0.25) is 0 Å². The minimum Gasteiger partial charge on any atom is -0.378 e. The van der Waals surface area contributed by atoms with Gasteiger partial charge in [-0.2, -0.15) is 0 Å². The molecule has 1 aromatic heterocycles. The van der Waals surface area contributed by atoms with Crippen molar-refractivity contribution in [3.8, 4) is 0 Å². The molecule has 0 saturated carbocycles. The Morgan fingerprint density at radius 2 is 2.06 bits per heavy atom. The van der Waals surface area contributed by atoms with E-state index in [1.54, 1.807) is 0 Å².